The van der Waals surface area contributed by atoms with Crippen molar-refractivity contribution < 1.29 is 23.9 Å². The molecular weight excluding hydrogens is 466 g/mol. The second-order valence-electron chi connectivity index (χ2n) is 9.43. The highest BCUT2D eigenvalue weighted by Crippen LogP contribution is 2.33. The molecule has 0 aliphatic carbocycles. The number of carbonyl (C=O) groups is 3. The van der Waals surface area contributed by atoms with Crippen molar-refractivity contribution in [2.45, 2.75) is 38.0 Å². The smallest absolute Gasteiger partial charge is 0.255 e. The quantitative estimate of drug-likeness (QED) is 0.371. The van der Waals surface area contributed by atoms with Crippen molar-refractivity contribution in [3.63, 3.8) is 0 Å². The summed E-state index contributed by atoms with van der Waals surface area (Å²) in [6.07, 6.45) is 0.474. The topological polar surface area (TPSA) is 88.2 Å². The van der Waals surface area contributed by atoms with Crippen molar-refractivity contribution in [1.82, 2.24) is 15.1 Å². The van der Waals surface area contributed by atoms with E-state index in [0.717, 1.165) is 0 Å². The SMILES string of the molecule is [B]c1cc(COc2cccc3c2CN(C2CCC(=O)NC2=O)C3=O)c([B])c([B])c1C([B])N1CCOCC1. The number of benzene rings is 2. The summed E-state index contributed by atoms with van der Waals surface area (Å²) in [4.78, 5) is 40.4. The van der Waals surface area contributed by atoms with Gasteiger partial charge in [0, 0.05) is 30.6 Å². The number of nitrogens with one attached hydrogen (secondary N) is 1. The molecule has 3 amide bonds. The van der Waals surface area contributed by atoms with Crippen molar-refractivity contribution in [2.24, 2.45) is 0 Å². The van der Waals surface area contributed by atoms with Crippen LogP contribution in [0.2, 0.25) is 0 Å². The zero-order valence-electron chi connectivity index (χ0n) is 20.4. The van der Waals surface area contributed by atoms with Gasteiger partial charge in [0.05, 0.1) is 27.6 Å². The Bertz CT molecular complexity index is 1270. The van der Waals surface area contributed by atoms with Gasteiger partial charge in [-0.3, -0.25) is 19.7 Å². The average molecular weight is 489 g/mol. The summed E-state index contributed by atoms with van der Waals surface area (Å²) in [6, 6.07) is 6.18. The predicted molar refractivity (Wildman–Crippen MR) is 140 cm³/mol. The van der Waals surface area contributed by atoms with Gasteiger partial charge in [0.25, 0.3) is 5.91 Å². The van der Waals surface area contributed by atoms with Crippen LogP contribution in [0.1, 0.15) is 45.8 Å². The van der Waals surface area contributed by atoms with Crippen molar-refractivity contribution in [2.75, 3.05) is 26.3 Å². The zero-order valence-corrected chi connectivity index (χ0v) is 20.4. The molecule has 0 spiro atoms. The molecule has 0 bridgehead atoms. The predicted octanol–water partition coefficient (Wildman–Crippen LogP) is -2.09. The number of rotatable bonds is 6. The van der Waals surface area contributed by atoms with Crippen LogP contribution in [0, 0.1) is 0 Å². The lowest BCUT2D eigenvalue weighted by atomic mass is 9.66. The van der Waals surface area contributed by atoms with Gasteiger partial charge in [-0.1, -0.05) is 34.1 Å². The van der Waals surface area contributed by atoms with Gasteiger partial charge in [-0.05, 0) is 30.1 Å². The Kier molecular flexibility index (Phi) is 7.23. The number of hydrogen-bond donors (Lipinski definition) is 1. The summed E-state index contributed by atoms with van der Waals surface area (Å²) >= 11 is 0. The molecule has 1 N–H and O–H groups in total. The third-order valence-corrected chi connectivity index (χ3v) is 7.22. The summed E-state index contributed by atoms with van der Waals surface area (Å²) in [6.45, 7) is 2.76. The lowest BCUT2D eigenvalue weighted by molar-refractivity contribution is -0.136. The van der Waals surface area contributed by atoms with E-state index in [1.807, 2.05) is 4.90 Å². The van der Waals surface area contributed by atoms with Gasteiger partial charge < -0.3 is 19.3 Å². The van der Waals surface area contributed by atoms with Crippen molar-refractivity contribution >= 4 is 65.5 Å². The Balaban J connectivity index is 1.34. The monoisotopic (exact) mass is 489 g/mol. The van der Waals surface area contributed by atoms with Crippen molar-refractivity contribution in [3.8, 4) is 5.75 Å². The fourth-order valence-electron chi connectivity index (χ4n) is 5.15. The number of nitrogens with zero attached hydrogens (tertiary/aromatic N) is 2. The third-order valence-electron chi connectivity index (χ3n) is 7.22. The average Bonchev–Trinajstić information content (AvgIpc) is 3.22. The highest BCUT2D eigenvalue weighted by atomic mass is 16.5. The second-order valence-corrected chi connectivity index (χ2v) is 9.43. The van der Waals surface area contributed by atoms with E-state index in [0.29, 0.717) is 70.7 Å². The van der Waals surface area contributed by atoms with Gasteiger partial charge in [0.2, 0.25) is 11.8 Å². The first kappa shape index (κ1) is 25.7. The Hall–Kier alpha value is -2.97. The van der Waals surface area contributed by atoms with Crippen LogP contribution in [0.5, 0.6) is 5.75 Å². The van der Waals surface area contributed by atoms with Crippen LogP contribution in [-0.4, -0.2) is 91.3 Å². The lowest BCUT2D eigenvalue weighted by Gasteiger charge is -2.35. The summed E-state index contributed by atoms with van der Waals surface area (Å²) in [5.41, 5.74) is 3.37. The highest BCUT2D eigenvalue weighted by molar-refractivity contribution is 6.52. The minimum atomic E-state index is -0.705. The molecule has 37 heavy (non-hydrogen) atoms. The van der Waals surface area contributed by atoms with E-state index >= 15 is 0 Å². The number of ether oxygens (including phenoxy) is 2. The summed E-state index contributed by atoms with van der Waals surface area (Å²) in [5, 5.41) is 2.31. The van der Waals surface area contributed by atoms with E-state index < -0.39 is 17.9 Å². The molecule has 8 radical (unpaired) electrons. The molecule has 2 atom stereocenters. The number of piperidine rings is 1. The van der Waals surface area contributed by atoms with Gasteiger partial charge in [-0.15, -0.1) is 0 Å². The highest BCUT2D eigenvalue weighted by Gasteiger charge is 2.40. The van der Waals surface area contributed by atoms with E-state index in [4.69, 9.17) is 40.9 Å². The summed E-state index contributed by atoms with van der Waals surface area (Å²) in [7, 11) is 25.6. The van der Waals surface area contributed by atoms with Crippen molar-refractivity contribution in [1.29, 1.82) is 0 Å². The summed E-state index contributed by atoms with van der Waals surface area (Å²) < 4.78 is 11.5. The van der Waals surface area contributed by atoms with E-state index in [1.165, 1.54) is 4.90 Å². The van der Waals surface area contributed by atoms with Gasteiger partial charge in [0.1, 0.15) is 41.9 Å². The van der Waals surface area contributed by atoms with Crippen LogP contribution in [0.15, 0.2) is 24.3 Å². The minimum absolute atomic E-state index is 0.0658. The molecule has 180 valence electrons. The third kappa shape index (κ3) is 4.84. The Morgan fingerprint density at radius 3 is 2.59 bits per heavy atom. The molecule has 0 aromatic heterocycles. The maximum Gasteiger partial charge on any atom is 0.255 e. The van der Waals surface area contributed by atoms with Crippen molar-refractivity contribution in [3.05, 3.63) is 46.5 Å². The summed E-state index contributed by atoms with van der Waals surface area (Å²) in [5.74, 6) is -1.09. The maximum atomic E-state index is 13.1. The number of fused-ring (bicyclic) bond motifs is 1. The van der Waals surface area contributed by atoms with E-state index in [1.54, 1.807) is 24.3 Å². The molecule has 3 aliphatic heterocycles. The fraction of sp³-hybridized carbons (Fsp3) is 0.400. The first-order valence-electron chi connectivity index (χ1n) is 12.2. The van der Waals surface area contributed by atoms with E-state index in [9.17, 15) is 14.4 Å². The molecule has 2 aromatic rings. The van der Waals surface area contributed by atoms with E-state index in [-0.39, 0.29) is 37.8 Å². The molecule has 12 heteroatoms. The normalized spacial score (nSPS) is 21.0. The number of imide groups is 1. The Morgan fingerprint density at radius 2 is 1.86 bits per heavy atom. The van der Waals surface area contributed by atoms with Gasteiger partial charge >= 0.3 is 0 Å². The first-order valence-corrected chi connectivity index (χ1v) is 12.2. The van der Waals surface area contributed by atoms with Crippen LogP contribution in [-0.2, 0) is 27.5 Å². The molecule has 3 aliphatic rings. The van der Waals surface area contributed by atoms with Gasteiger partial charge in [0.15, 0.2) is 0 Å². The number of hydrogen-bond acceptors (Lipinski definition) is 6. The lowest BCUT2D eigenvalue weighted by Crippen LogP contribution is -2.52. The zero-order chi connectivity index (χ0) is 26.3. The van der Waals surface area contributed by atoms with Crippen LogP contribution < -0.4 is 26.4 Å². The van der Waals surface area contributed by atoms with Crippen LogP contribution in [0.3, 0.4) is 0 Å². The molecular formula is C25H23B4N3O5. The molecule has 2 unspecified atom stereocenters. The Morgan fingerprint density at radius 1 is 1.11 bits per heavy atom. The standard InChI is InChI=1S/C25H23B4N3O5/c26-16-10-13(21(27)22(28)20(16)23(29)31-6-8-36-9-7-31)12-37-18-3-1-2-14-15(18)11-32(25(14)35)17-4-5-19(33)30-24(17)34/h1-3,10,17,23H,4-9,11-12H2,(H,30,33,34). The first-order chi connectivity index (χ1) is 17.8. The van der Waals surface area contributed by atoms with Gasteiger partial charge in [-0.2, -0.15) is 0 Å². The molecule has 2 aromatic carbocycles. The molecule has 8 nitrogen and oxygen atoms in total. The van der Waals surface area contributed by atoms with E-state index in [2.05, 4.69) is 5.32 Å². The molecule has 0 saturated carbocycles. The molecule has 5 rings (SSSR count). The Labute approximate surface area is 221 Å². The largest absolute Gasteiger partial charge is 0.489 e. The number of amides is 3. The maximum absolute atomic E-state index is 13.1. The van der Waals surface area contributed by atoms with Crippen LogP contribution in [0.4, 0.5) is 0 Å². The van der Waals surface area contributed by atoms with Gasteiger partial charge in [-0.25, -0.2) is 0 Å². The molecule has 2 fully saturated rings. The number of carbonyl (C=O) groups excluding carboxylic acids is 3. The fourth-order valence-corrected chi connectivity index (χ4v) is 5.15. The number of morpholine rings is 1. The second kappa shape index (κ2) is 10.4. The molecule has 2 saturated heterocycles. The molecule has 3 heterocycles. The minimum Gasteiger partial charge on any atom is -0.489 e. The van der Waals surface area contributed by atoms with Crippen LogP contribution in [0.25, 0.3) is 0 Å². The van der Waals surface area contributed by atoms with Crippen LogP contribution >= 0.6 is 0 Å².